The van der Waals surface area contributed by atoms with Gasteiger partial charge in [0.2, 0.25) is 5.16 Å². The molecule has 2 rings (SSSR count). The highest BCUT2D eigenvalue weighted by Crippen LogP contribution is 2.29. The molecular weight excluding hydrogens is 372 g/mol. The summed E-state index contributed by atoms with van der Waals surface area (Å²) in [6.07, 6.45) is -4.56. The van der Waals surface area contributed by atoms with E-state index in [4.69, 9.17) is 5.84 Å². The molecule has 0 aliphatic carbocycles. The van der Waals surface area contributed by atoms with Gasteiger partial charge in [-0.1, -0.05) is 11.8 Å². The molecule has 0 aliphatic heterocycles. The zero-order chi connectivity index (χ0) is 18.0. The van der Waals surface area contributed by atoms with Crippen LogP contribution in [0, 0.1) is 5.82 Å². The molecule has 0 atom stereocenters. The first-order chi connectivity index (χ1) is 11.1. The Balaban J connectivity index is 1.91. The molecule has 0 amide bonds. The number of thioether (sulfide) groups is 1. The molecule has 6 nitrogen and oxygen atoms in total. The molecule has 2 N–H and O–H groups in total. The van der Waals surface area contributed by atoms with Crippen molar-refractivity contribution >= 4 is 21.6 Å². The van der Waals surface area contributed by atoms with Crippen LogP contribution in [0.5, 0.6) is 0 Å². The molecule has 1 aromatic heterocycles. The summed E-state index contributed by atoms with van der Waals surface area (Å²) in [6.45, 7) is 0. The fraction of sp³-hybridized carbons (Fsp3) is 0.333. The van der Waals surface area contributed by atoms with Crippen LogP contribution in [0.2, 0.25) is 0 Å². The maximum Gasteiger partial charge on any atom is 0.453 e. The number of nitrogens with zero attached hydrogens (tertiary/aromatic N) is 3. The van der Waals surface area contributed by atoms with Crippen molar-refractivity contribution in [2.24, 2.45) is 0 Å². The molecule has 24 heavy (non-hydrogen) atoms. The predicted octanol–water partition coefficient (Wildman–Crippen LogP) is 2.11. The third-order valence-electron chi connectivity index (χ3n) is 2.88. The maximum absolute atomic E-state index is 12.8. The second kappa shape index (κ2) is 6.97. The van der Waals surface area contributed by atoms with Crippen molar-refractivity contribution in [3.8, 4) is 0 Å². The Hall–Kier alpha value is -1.82. The fourth-order valence-electron chi connectivity index (χ4n) is 1.74. The van der Waals surface area contributed by atoms with Gasteiger partial charge in [0.15, 0.2) is 9.84 Å². The number of nitrogens with two attached hydrogens (primary N) is 1. The van der Waals surface area contributed by atoms with Gasteiger partial charge < -0.3 is 5.84 Å². The number of aromatic nitrogens is 3. The highest BCUT2D eigenvalue weighted by molar-refractivity contribution is 7.99. The summed E-state index contributed by atoms with van der Waals surface area (Å²) in [5.41, 5.74) is 0. The Labute approximate surface area is 138 Å². The van der Waals surface area contributed by atoms with Crippen molar-refractivity contribution in [2.75, 3.05) is 17.3 Å². The molecule has 0 aliphatic rings. The smallest absolute Gasteiger partial charge is 0.335 e. The largest absolute Gasteiger partial charge is 0.453 e. The summed E-state index contributed by atoms with van der Waals surface area (Å²) in [6, 6.07) is 4.39. The second-order valence-electron chi connectivity index (χ2n) is 4.65. The minimum Gasteiger partial charge on any atom is -0.335 e. The number of halogens is 4. The Morgan fingerprint density at radius 2 is 1.79 bits per heavy atom. The first kappa shape index (κ1) is 18.5. The van der Waals surface area contributed by atoms with Gasteiger partial charge >= 0.3 is 6.18 Å². The van der Waals surface area contributed by atoms with E-state index in [1.807, 2.05) is 0 Å². The quantitative estimate of drug-likeness (QED) is 0.270. The number of alkyl halides is 3. The lowest BCUT2D eigenvalue weighted by Crippen LogP contribution is -2.21. The number of nitrogen functional groups attached to an aromatic ring is 1. The van der Waals surface area contributed by atoms with Gasteiger partial charge in [-0.3, -0.25) is 0 Å². The number of hydrogen-bond acceptors (Lipinski definition) is 6. The van der Waals surface area contributed by atoms with Gasteiger partial charge in [-0.15, -0.1) is 10.2 Å². The van der Waals surface area contributed by atoms with Crippen LogP contribution < -0.4 is 5.84 Å². The van der Waals surface area contributed by atoms with Gasteiger partial charge in [-0.2, -0.15) is 13.2 Å². The molecule has 0 unspecified atom stereocenters. The fourth-order valence-corrected chi connectivity index (χ4v) is 4.03. The van der Waals surface area contributed by atoms with Gasteiger partial charge in [0, 0.05) is 5.75 Å². The minimum atomic E-state index is -4.72. The van der Waals surface area contributed by atoms with Crippen LogP contribution in [0.1, 0.15) is 12.2 Å². The van der Waals surface area contributed by atoms with Crippen LogP contribution in [0.4, 0.5) is 17.6 Å². The van der Waals surface area contributed by atoms with E-state index < -0.39 is 27.7 Å². The highest BCUT2D eigenvalue weighted by Gasteiger charge is 2.38. The van der Waals surface area contributed by atoms with E-state index >= 15 is 0 Å². The Morgan fingerprint density at radius 3 is 2.33 bits per heavy atom. The molecule has 0 saturated heterocycles. The molecule has 0 radical (unpaired) electrons. The van der Waals surface area contributed by atoms with Gasteiger partial charge in [0.25, 0.3) is 5.82 Å². The summed E-state index contributed by atoms with van der Waals surface area (Å²) in [4.78, 5) is -0.0183. The molecule has 0 bridgehead atoms. The van der Waals surface area contributed by atoms with E-state index in [2.05, 4.69) is 10.2 Å². The standard InChI is InChI=1S/C12H12F4N4O2S2/c13-8-2-4-9(5-3-8)24(21,22)7-1-6-23-11-19-18-10(20(11)17)12(14,15)16/h2-5H,1,6-7,17H2. The van der Waals surface area contributed by atoms with Crippen molar-refractivity contribution in [1.82, 2.24) is 14.9 Å². The first-order valence-electron chi connectivity index (χ1n) is 6.50. The first-order valence-corrected chi connectivity index (χ1v) is 9.14. The van der Waals surface area contributed by atoms with Crippen LogP contribution in [0.25, 0.3) is 0 Å². The summed E-state index contributed by atoms with van der Waals surface area (Å²) >= 11 is 0.862. The third kappa shape index (κ3) is 4.38. The summed E-state index contributed by atoms with van der Waals surface area (Å²) in [5.74, 6) is 3.32. The van der Waals surface area contributed by atoms with Crippen molar-refractivity contribution in [3.05, 3.63) is 35.9 Å². The molecule has 0 saturated carbocycles. The van der Waals surface area contributed by atoms with Gasteiger partial charge in [-0.25, -0.2) is 17.5 Å². The minimum absolute atomic E-state index is 0.0183. The zero-order valence-corrected chi connectivity index (χ0v) is 13.6. The lowest BCUT2D eigenvalue weighted by Gasteiger charge is -2.06. The molecule has 0 fully saturated rings. The van der Waals surface area contributed by atoms with E-state index in [0.29, 0.717) is 4.68 Å². The Bertz CT molecular complexity index is 803. The molecule has 12 heteroatoms. The predicted molar refractivity (Wildman–Crippen MR) is 79.0 cm³/mol. The van der Waals surface area contributed by atoms with Crippen LogP contribution >= 0.6 is 11.8 Å². The average Bonchev–Trinajstić information content (AvgIpc) is 2.85. The van der Waals surface area contributed by atoms with Crippen molar-refractivity contribution in [3.63, 3.8) is 0 Å². The molecule has 132 valence electrons. The van der Waals surface area contributed by atoms with Crippen molar-refractivity contribution in [1.29, 1.82) is 0 Å². The molecule has 0 spiro atoms. The lowest BCUT2D eigenvalue weighted by molar-refractivity contribution is -0.146. The van der Waals surface area contributed by atoms with E-state index in [1.54, 1.807) is 0 Å². The Morgan fingerprint density at radius 1 is 1.17 bits per heavy atom. The Kier molecular flexibility index (Phi) is 5.38. The van der Waals surface area contributed by atoms with Crippen LogP contribution in [0.3, 0.4) is 0 Å². The third-order valence-corrected chi connectivity index (χ3v) is 5.73. The average molecular weight is 384 g/mol. The number of benzene rings is 1. The molecule has 2 aromatic rings. The number of rotatable bonds is 6. The van der Waals surface area contributed by atoms with Gasteiger partial charge in [-0.05, 0) is 30.7 Å². The van der Waals surface area contributed by atoms with Crippen LogP contribution in [0.15, 0.2) is 34.3 Å². The van der Waals surface area contributed by atoms with E-state index in [0.717, 1.165) is 36.0 Å². The summed E-state index contributed by atoms with van der Waals surface area (Å²) < 4.78 is 74.7. The summed E-state index contributed by atoms with van der Waals surface area (Å²) in [7, 11) is -3.59. The topological polar surface area (TPSA) is 90.9 Å². The number of hydrogen-bond donors (Lipinski definition) is 1. The van der Waals surface area contributed by atoms with Crippen LogP contribution in [-0.4, -0.2) is 34.8 Å². The summed E-state index contributed by atoms with van der Waals surface area (Å²) in [5, 5.41) is 6.12. The lowest BCUT2D eigenvalue weighted by atomic mass is 10.4. The molecule has 1 heterocycles. The monoisotopic (exact) mass is 384 g/mol. The van der Waals surface area contributed by atoms with E-state index in [1.165, 1.54) is 0 Å². The van der Waals surface area contributed by atoms with E-state index in [9.17, 15) is 26.0 Å². The zero-order valence-electron chi connectivity index (χ0n) is 12.0. The van der Waals surface area contributed by atoms with Gasteiger partial charge in [0.05, 0.1) is 10.6 Å². The van der Waals surface area contributed by atoms with Gasteiger partial charge in [0.1, 0.15) is 5.82 Å². The van der Waals surface area contributed by atoms with Crippen molar-refractivity contribution in [2.45, 2.75) is 22.6 Å². The number of sulfone groups is 1. The molecule has 1 aromatic carbocycles. The van der Waals surface area contributed by atoms with E-state index in [-0.39, 0.29) is 28.0 Å². The molecular formula is C12H12F4N4O2S2. The SMILES string of the molecule is Nn1c(SCCCS(=O)(=O)c2ccc(F)cc2)nnc1C(F)(F)F. The van der Waals surface area contributed by atoms with Crippen molar-refractivity contribution < 1.29 is 26.0 Å². The second-order valence-corrected chi connectivity index (χ2v) is 7.82. The van der Waals surface area contributed by atoms with Crippen LogP contribution in [-0.2, 0) is 16.0 Å². The maximum atomic E-state index is 12.8. The normalized spacial score (nSPS) is 12.5. The highest BCUT2D eigenvalue weighted by atomic mass is 32.2.